The highest BCUT2D eigenvalue weighted by Crippen LogP contribution is 2.36. The average Bonchev–Trinajstić information content (AvgIpc) is 3.08. The summed E-state index contributed by atoms with van der Waals surface area (Å²) in [6, 6.07) is 11.2. The zero-order chi connectivity index (χ0) is 17.9. The fourth-order valence-electron chi connectivity index (χ4n) is 2.79. The maximum Gasteiger partial charge on any atom is 0.292 e. The summed E-state index contributed by atoms with van der Waals surface area (Å²) in [5.41, 5.74) is 2.18. The van der Waals surface area contributed by atoms with Gasteiger partial charge in [-0.3, -0.25) is 10.1 Å². The van der Waals surface area contributed by atoms with Crippen LogP contribution < -0.4 is 15.4 Å². The summed E-state index contributed by atoms with van der Waals surface area (Å²) in [5, 5.41) is 17.4. The third kappa shape index (κ3) is 3.72. The van der Waals surface area contributed by atoms with Crippen LogP contribution in [0.3, 0.4) is 0 Å². The van der Waals surface area contributed by atoms with Crippen LogP contribution in [0.4, 0.5) is 17.1 Å². The summed E-state index contributed by atoms with van der Waals surface area (Å²) in [7, 11) is -3.59. The van der Waals surface area contributed by atoms with Crippen LogP contribution in [0.15, 0.2) is 47.4 Å². The van der Waals surface area contributed by atoms with Gasteiger partial charge in [0.05, 0.1) is 9.82 Å². The van der Waals surface area contributed by atoms with Gasteiger partial charge in [-0.2, -0.15) is 0 Å². The molecular formula is C16H18N4O4S. The van der Waals surface area contributed by atoms with Crippen molar-refractivity contribution in [3.8, 4) is 0 Å². The first-order valence-corrected chi connectivity index (χ1v) is 9.30. The number of rotatable bonds is 7. The molecule has 1 heterocycles. The molecule has 3 N–H and O–H groups in total. The molecule has 0 spiro atoms. The minimum absolute atomic E-state index is 0.00614. The quantitative estimate of drug-likeness (QED) is 0.394. The van der Waals surface area contributed by atoms with Crippen LogP contribution in [0.1, 0.15) is 5.56 Å². The van der Waals surface area contributed by atoms with E-state index in [4.69, 9.17) is 0 Å². The standard InChI is InChI=1S/C16H18N4O4S/c21-20(22)15-7-6-14-13(8-9-17-14)16(15)18-10-11-19-25(23,24)12-4-2-1-3-5-12/h1-7,17-19H,8-11H2. The lowest BCUT2D eigenvalue weighted by Gasteiger charge is -2.12. The molecule has 3 rings (SSSR count). The predicted octanol–water partition coefficient (Wildman–Crippen LogP) is 1.95. The van der Waals surface area contributed by atoms with Crippen molar-refractivity contribution in [1.29, 1.82) is 0 Å². The zero-order valence-corrected chi connectivity index (χ0v) is 14.2. The Balaban J connectivity index is 1.67. The molecule has 0 bridgehead atoms. The van der Waals surface area contributed by atoms with E-state index in [0.29, 0.717) is 12.1 Å². The summed E-state index contributed by atoms with van der Waals surface area (Å²) >= 11 is 0. The molecule has 25 heavy (non-hydrogen) atoms. The van der Waals surface area contributed by atoms with Gasteiger partial charge in [-0.15, -0.1) is 0 Å². The molecule has 0 fully saturated rings. The van der Waals surface area contributed by atoms with Gasteiger partial charge in [0.2, 0.25) is 10.0 Å². The Hall–Kier alpha value is -2.65. The molecule has 0 atom stereocenters. The minimum atomic E-state index is -3.59. The third-order valence-corrected chi connectivity index (χ3v) is 5.43. The Bertz CT molecular complexity index is 885. The molecule has 0 radical (unpaired) electrons. The maximum atomic E-state index is 12.1. The number of benzene rings is 2. The number of nitro benzene ring substituents is 1. The Morgan fingerprint density at radius 1 is 1.12 bits per heavy atom. The molecule has 132 valence electrons. The summed E-state index contributed by atoms with van der Waals surface area (Å²) in [6.07, 6.45) is 0.690. The van der Waals surface area contributed by atoms with Crippen molar-refractivity contribution in [3.05, 3.63) is 58.1 Å². The summed E-state index contributed by atoms with van der Waals surface area (Å²) < 4.78 is 26.8. The second kappa shape index (κ2) is 7.08. The molecule has 0 aromatic heterocycles. The number of anilines is 2. The number of nitrogens with one attached hydrogen (secondary N) is 3. The van der Waals surface area contributed by atoms with Crippen LogP contribution in [0, 0.1) is 10.1 Å². The first-order valence-electron chi connectivity index (χ1n) is 7.82. The smallest absolute Gasteiger partial charge is 0.292 e. The molecule has 9 heteroatoms. The lowest BCUT2D eigenvalue weighted by atomic mass is 10.1. The Kier molecular flexibility index (Phi) is 4.86. The van der Waals surface area contributed by atoms with Gasteiger partial charge in [0, 0.05) is 37.0 Å². The van der Waals surface area contributed by atoms with Crippen molar-refractivity contribution >= 4 is 27.1 Å². The van der Waals surface area contributed by atoms with Crippen LogP contribution in [0.25, 0.3) is 0 Å². The zero-order valence-electron chi connectivity index (χ0n) is 13.4. The Morgan fingerprint density at radius 3 is 2.60 bits per heavy atom. The second-order valence-electron chi connectivity index (χ2n) is 5.56. The molecule has 0 saturated carbocycles. The van der Waals surface area contributed by atoms with E-state index in [-0.39, 0.29) is 23.7 Å². The average molecular weight is 362 g/mol. The maximum absolute atomic E-state index is 12.1. The van der Waals surface area contributed by atoms with E-state index in [0.717, 1.165) is 17.8 Å². The van der Waals surface area contributed by atoms with Crippen molar-refractivity contribution in [2.45, 2.75) is 11.3 Å². The number of fused-ring (bicyclic) bond motifs is 1. The predicted molar refractivity (Wildman–Crippen MR) is 95.4 cm³/mol. The number of nitro groups is 1. The van der Waals surface area contributed by atoms with Gasteiger partial charge < -0.3 is 10.6 Å². The number of hydrogen-bond donors (Lipinski definition) is 3. The van der Waals surface area contributed by atoms with Crippen molar-refractivity contribution in [1.82, 2.24) is 4.72 Å². The third-order valence-electron chi connectivity index (χ3n) is 3.95. The molecule has 1 aliphatic rings. The number of hydrogen-bond acceptors (Lipinski definition) is 6. The van der Waals surface area contributed by atoms with Gasteiger partial charge in [-0.25, -0.2) is 13.1 Å². The van der Waals surface area contributed by atoms with Crippen molar-refractivity contribution in [3.63, 3.8) is 0 Å². The molecule has 8 nitrogen and oxygen atoms in total. The summed E-state index contributed by atoms with van der Waals surface area (Å²) in [5.74, 6) is 0. The highest BCUT2D eigenvalue weighted by molar-refractivity contribution is 7.89. The van der Waals surface area contributed by atoms with Crippen molar-refractivity contribution in [2.24, 2.45) is 0 Å². The molecule has 1 aliphatic heterocycles. The van der Waals surface area contributed by atoms with Crippen LogP contribution in [-0.4, -0.2) is 33.0 Å². The molecule has 0 amide bonds. The molecule has 2 aromatic carbocycles. The molecule has 0 aliphatic carbocycles. The van der Waals surface area contributed by atoms with Crippen molar-refractivity contribution in [2.75, 3.05) is 30.3 Å². The lowest BCUT2D eigenvalue weighted by molar-refractivity contribution is -0.384. The van der Waals surface area contributed by atoms with E-state index >= 15 is 0 Å². The highest BCUT2D eigenvalue weighted by atomic mass is 32.2. The topological polar surface area (TPSA) is 113 Å². The van der Waals surface area contributed by atoms with Crippen LogP contribution in [0.2, 0.25) is 0 Å². The molecule has 2 aromatic rings. The van der Waals surface area contributed by atoms with Crippen molar-refractivity contribution < 1.29 is 13.3 Å². The van der Waals surface area contributed by atoms with Crippen LogP contribution >= 0.6 is 0 Å². The first-order chi connectivity index (χ1) is 12.0. The largest absolute Gasteiger partial charge is 0.384 e. The van der Waals surface area contributed by atoms with Gasteiger partial charge in [-0.1, -0.05) is 18.2 Å². The lowest BCUT2D eigenvalue weighted by Crippen LogP contribution is -2.29. The van der Waals surface area contributed by atoms with Gasteiger partial charge >= 0.3 is 0 Å². The van der Waals surface area contributed by atoms with E-state index in [9.17, 15) is 18.5 Å². The minimum Gasteiger partial charge on any atom is -0.384 e. The van der Waals surface area contributed by atoms with Gasteiger partial charge in [0.1, 0.15) is 5.69 Å². The van der Waals surface area contributed by atoms with Gasteiger partial charge in [-0.05, 0) is 24.6 Å². The van der Waals surface area contributed by atoms with E-state index in [1.807, 2.05) is 0 Å². The molecule has 0 unspecified atom stereocenters. The Morgan fingerprint density at radius 2 is 1.88 bits per heavy atom. The number of nitrogens with zero attached hydrogens (tertiary/aromatic N) is 1. The number of sulfonamides is 1. The van der Waals surface area contributed by atoms with Crippen LogP contribution in [-0.2, 0) is 16.4 Å². The highest BCUT2D eigenvalue weighted by Gasteiger charge is 2.23. The van der Waals surface area contributed by atoms with E-state index in [1.165, 1.54) is 18.2 Å². The molecular weight excluding hydrogens is 344 g/mol. The fourth-order valence-corrected chi connectivity index (χ4v) is 3.84. The summed E-state index contributed by atoms with van der Waals surface area (Å²) in [4.78, 5) is 11.0. The summed E-state index contributed by atoms with van der Waals surface area (Å²) in [6.45, 7) is 1.08. The molecule has 0 saturated heterocycles. The monoisotopic (exact) mass is 362 g/mol. The Labute approximate surface area is 145 Å². The second-order valence-corrected chi connectivity index (χ2v) is 7.32. The SMILES string of the molecule is O=[N+]([O-])c1ccc2c(c1NCCNS(=O)(=O)c1ccccc1)CCN2. The normalized spacial score (nSPS) is 13.1. The fraction of sp³-hybridized carbons (Fsp3) is 0.250. The van der Waals surface area contributed by atoms with Gasteiger partial charge in [0.15, 0.2) is 0 Å². The van der Waals surface area contributed by atoms with Crippen LogP contribution in [0.5, 0.6) is 0 Å². The first kappa shape index (κ1) is 17.2. The van der Waals surface area contributed by atoms with E-state index in [2.05, 4.69) is 15.4 Å². The van der Waals surface area contributed by atoms with Gasteiger partial charge in [0.25, 0.3) is 5.69 Å². The van der Waals surface area contributed by atoms with E-state index in [1.54, 1.807) is 24.3 Å². The van der Waals surface area contributed by atoms with E-state index < -0.39 is 14.9 Å².